The number of nitrogens with two attached hydrogens (primary N) is 1. The number of methoxy groups -OCH3 is 3. The summed E-state index contributed by atoms with van der Waals surface area (Å²) < 4.78 is 32.7. The van der Waals surface area contributed by atoms with Gasteiger partial charge in [0.25, 0.3) is 11.5 Å². The second-order valence-corrected chi connectivity index (χ2v) is 11.9. The number of likely N-dealkylation sites (N-methyl/N-ethyl adjacent to an activating group) is 1. The molecule has 0 fully saturated rings. The van der Waals surface area contributed by atoms with E-state index in [0.717, 1.165) is 35.2 Å². The van der Waals surface area contributed by atoms with Crippen LogP contribution in [0, 0.1) is 5.82 Å². The molecule has 4 N–H and O–H groups in total. The van der Waals surface area contributed by atoms with Gasteiger partial charge in [0.15, 0.2) is 11.5 Å². The Balaban J connectivity index is 1.32. The minimum Gasteiger partial charge on any atom is -0.494 e. The summed E-state index contributed by atoms with van der Waals surface area (Å²) in [6.45, 7) is 0.840. The largest absolute Gasteiger partial charge is 0.494 e. The molecule has 1 aromatic heterocycles. The van der Waals surface area contributed by atoms with Gasteiger partial charge in [-0.15, -0.1) is 0 Å². The lowest BCUT2D eigenvalue weighted by atomic mass is 9.75. The molecule has 1 amide bonds. The summed E-state index contributed by atoms with van der Waals surface area (Å²) in [6.07, 6.45) is 1.66. The van der Waals surface area contributed by atoms with E-state index in [1.165, 1.54) is 19.2 Å². The number of H-pyrrole nitrogens is 1. The fraction of sp³-hybridized carbons (Fsp3) is 0.250. The first kappa shape index (κ1) is 30.2. The number of nitrogen functional groups attached to an aromatic ring is 1. The van der Waals surface area contributed by atoms with E-state index in [-0.39, 0.29) is 23.6 Å². The van der Waals surface area contributed by atoms with Crippen molar-refractivity contribution in [3.63, 3.8) is 0 Å². The highest BCUT2D eigenvalue weighted by molar-refractivity contribution is 6.07. The van der Waals surface area contributed by atoms with Crippen molar-refractivity contribution < 1.29 is 23.4 Å². The summed E-state index contributed by atoms with van der Waals surface area (Å²) in [6, 6.07) is 15.2. The third kappa shape index (κ3) is 4.94. The zero-order valence-corrected chi connectivity index (χ0v) is 26.5. The molecule has 1 aliphatic heterocycles. The number of aromatic nitrogens is 2. The Labute approximate surface area is 270 Å². The first-order valence-electron chi connectivity index (χ1n) is 15.3. The van der Waals surface area contributed by atoms with Gasteiger partial charge < -0.3 is 25.3 Å². The monoisotopic (exact) mass is 635 g/mol. The van der Waals surface area contributed by atoms with Crippen LogP contribution in [-0.2, 0) is 19.3 Å². The molecule has 4 aromatic carbocycles. The average Bonchev–Trinajstić information content (AvgIpc) is 3.09. The van der Waals surface area contributed by atoms with Crippen molar-refractivity contribution in [3.8, 4) is 28.4 Å². The summed E-state index contributed by atoms with van der Waals surface area (Å²) >= 11 is 0. The normalized spacial score (nSPS) is 15.1. The predicted molar refractivity (Wildman–Crippen MR) is 178 cm³/mol. The van der Waals surface area contributed by atoms with Gasteiger partial charge >= 0.3 is 0 Å². The first-order valence-corrected chi connectivity index (χ1v) is 15.3. The number of nitrogens with zero attached hydrogens (tertiary/aromatic N) is 2. The lowest BCUT2D eigenvalue weighted by molar-refractivity contribution is 0.102. The Kier molecular flexibility index (Phi) is 7.56. The van der Waals surface area contributed by atoms with Crippen LogP contribution in [0.25, 0.3) is 21.9 Å². The van der Waals surface area contributed by atoms with Gasteiger partial charge in [0, 0.05) is 47.3 Å². The van der Waals surface area contributed by atoms with Gasteiger partial charge in [-0.3, -0.25) is 14.5 Å². The Morgan fingerprint density at radius 2 is 1.81 bits per heavy atom. The molecule has 11 heteroatoms. The van der Waals surface area contributed by atoms with Crippen LogP contribution in [0.3, 0.4) is 0 Å². The van der Waals surface area contributed by atoms with Crippen LogP contribution in [0.15, 0.2) is 59.4 Å². The predicted octanol–water partition coefficient (Wildman–Crippen LogP) is 5.27. The third-order valence-electron chi connectivity index (χ3n) is 9.37. The number of hydrogen-bond acceptors (Lipinski definition) is 8. The molecule has 47 heavy (non-hydrogen) atoms. The van der Waals surface area contributed by atoms with Gasteiger partial charge in [-0.2, -0.15) is 5.10 Å². The SMILES string of the molecule is COc1cc(NC(=O)c2cc(Cc3n[nH]c(=O)c4ccccc34)ccc2F)c2c(c1N)-c1c(OC)c(OC)cc3c1C(C2)N(C)CC3. The third-order valence-corrected chi connectivity index (χ3v) is 9.37. The molecule has 7 rings (SSSR count). The lowest BCUT2D eigenvalue weighted by Gasteiger charge is -2.41. The van der Waals surface area contributed by atoms with E-state index in [4.69, 9.17) is 19.9 Å². The number of hydrogen-bond donors (Lipinski definition) is 3. The van der Waals surface area contributed by atoms with E-state index in [1.54, 1.807) is 38.5 Å². The van der Waals surface area contributed by atoms with Crippen molar-refractivity contribution in [1.82, 2.24) is 15.1 Å². The van der Waals surface area contributed by atoms with Crippen molar-refractivity contribution >= 4 is 28.1 Å². The standard InChI is InChI=1S/C36H34FN5O5/c1-42-12-11-19-15-29(46-3)34(47-4)32-30(19)27(42)16-23-25(17-28(45-2)33(38)31(23)32)39-35(43)22-13-18(9-10-24(22)37)14-26-20-7-5-6-8-21(20)36(44)41-40-26/h5-10,13,15,17,27H,11-12,14,16,38H2,1-4H3,(H,39,43)(H,41,44). The lowest BCUT2D eigenvalue weighted by Crippen LogP contribution is -2.36. The van der Waals surface area contributed by atoms with Gasteiger partial charge in [-0.25, -0.2) is 9.49 Å². The number of carbonyl (C=O) groups excluding carboxylic acids is 1. The van der Waals surface area contributed by atoms with E-state index in [9.17, 15) is 9.59 Å². The highest BCUT2D eigenvalue weighted by atomic mass is 19.1. The summed E-state index contributed by atoms with van der Waals surface area (Å²) in [7, 11) is 6.79. The van der Waals surface area contributed by atoms with Crippen molar-refractivity contribution in [2.24, 2.45) is 0 Å². The minimum atomic E-state index is -0.671. The Hall–Kier alpha value is -5.42. The summed E-state index contributed by atoms with van der Waals surface area (Å²) in [5.74, 6) is 0.209. The van der Waals surface area contributed by atoms with Crippen LogP contribution in [0.1, 0.15) is 44.3 Å². The van der Waals surface area contributed by atoms with Gasteiger partial charge in [0.05, 0.1) is 43.7 Å². The van der Waals surface area contributed by atoms with Gasteiger partial charge in [-0.1, -0.05) is 24.3 Å². The van der Waals surface area contributed by atoms with Crippen LogP contribution >= 0.6 is 0 Å². The minimum absolute atomic E-state index is 0.01000. The highest BCUT2D eigenvalue weighted by Gasteiger charge is 2.39. The molecule has 0 spiro atoms. The molecular weight excluding hydrogens is 601 g/mol. The molecule has 0 saturated carbocycles. The van der Waals surface area contributed by atoms with E-state index in [1.807, 2.05) is 18.2 Å². The van der Waals surface area contributed by atoms with Crippen LogP contribution < -0.4 is 30.8 Å². The van der Waals surface area contributed by atoms with E-state index in [2.05, 4.69) is 27.5 Å². The highest BCUT2D eigenvalue weighted by Crippen LogP contribution is 2.56. The molecule has 1 unspecified atom stereocenters. The number of ether oxygens (including phenoxy) is 3. The number of nitrogens with one attached hydrogen (secondary N) is 2. The molecular formula is C36H34FN5O5. The average molecular weight is 636 g/mol. The molecule has 0 bridgehead atoms. The van der Waals surface area contributed by atoms with Crippen LogP contribution in [0.2, 0.25) is 0 Å². The molecule has 1 atom stereocenters. The summed E-state index contributed by atoms with van der Waals surface area (Å²) in [5.41, 5.74) is 13.1. The molecule has 0 radical (unpaired) electrons. The van der Waals surface area contributed by atoms with Crippen LogP contribution in [-0.4, -0.2) is 55.9 Å². The number of halogens is 1. The van der Waals surface area contributed by atoms with Gasteiger partial charge in [-0.05, 0) is 66.4 Å². The number of benzene rings is 4. The smallest absolute Gasteiger partial charge is 0.272 e. The summed E-state index contributed by atoms with van der Waals surface area (Å²) in [4.78, 5) is 28.4. The Morgan fingerprint density at radius 1 is 1.04 bits per heavy atom. The Bertz CT molecular complexity index is 2150. The number of aromatic amines is 1. The molecule has 2 aliphatic rings. The Morgan fingerprint density at radius 3 is 2.55 bits per heavy atom. The van der Waals surface area contributed by atoms with Crippen molar-refractivity contribution in [3.05, 3.63) is 104 Å². The summed E-state index contributed by atoms with van der Waals surface area (Å²) in [5, 5.41) is 10.9. The van der Waals surface area contributed by atoms with Gasteiger partial charge in [0.2, 0.25) is 0 Å². The molecule has 5 aromatic rings. The van der Waals surface area contributed by atoms with Gasteiger partial charge in [0.1, 0.15) is 11.6 Å². The molecule has 10 nitrogen and oxygen atoms in total. The molecule has 1 aliphatic carbocycles. The fourth-order valence-corrected chi connectivity index (χ4v) is 7.06. The molecule has 2 heterocycles. The van der Waals surface area contributed by atoms with Crippen LogP contribution in [0.4, 0.5) is 15.8 Å². The van der Waals surface area contributed by atoms with E-state index >= 15 is 4.39 Å². The zero-order valence-electron chi connectivity index (χ0n) is 26.5. The maximum atomic E-state index is 15.3. The van der Waals surface area contributed by atoms with Crippen molar-refractivity contribution in [2.45, 2.75) is 25.3 Å². The second-order valence-electron chi connectivity index (χ2n) is 11.9. The number of fused-ring (bicyclic) bond motifs is 3. The van der Waals surface area contributed by atoms with Crippen molar-refractivity contribution in [2.75, 3.05) is 46.0 Å². The zero-order chi connectivity index (χ0) is 33.0. The van der Waals surface area contributed by atoms with E-state index in [0.29, 0.717) is 62.6 Å². The molecule has 0 saturated heterocycles. The first-order chi connectivity index (χ1) is 22.7. The quantitative estimate of drug-likeness (QED) is 0.206. The number of amides is 1. The maximum Gasteiger partial charge on any atom is 0.272 e. The fourth-order valence-electron chi connectivity index (χ4n) is 7.06. The number of carbonyl (C=O) groups is 1. The van der Waals surface area contributed by atoms with Crippen molar-refractivity contribution in [1.29, 1.82) is 0 Å². The topological polar surface area (TPSA) is 132 Å². The number of anilines is 2. The second kappa shape index (κ2) is 11.7. The maximum absolute atomic E-state index is 15.3. The van der Waals surface area contributed by atoms with E-state index < -0.39 is 11.7 Å². The molecule has 240 valence electrons. The number of rotatable bonds is 7. The van der Waals surface area contributed by atoms with Crippen LogP contribution in [0.5, 0.6) is 17.2 Å².